The zero-order valence-corrected chi connectivity index (χ0v) is 14.4. The van der Waals surface area contributed by atoms with Gasteiger partial charge in [0.05, 0.1) is 0 Å². The van der Waals surface area contributed by atoms with Crippen LogP contribution in [0.2, 0.25) is 5.15 Å². The lowest BCUT2D eigenvalue weighted by Gasteiger charge is -2.15. The molecule has 1 aromatic carbocycles. The van der Waals surface area contributed by atoms with Gasteiger partial charge < -0.3 is 0 Å². The van der Waals surface area contributed by atoms with E-state index in [2.05, 4.69) is 25.6 Å². The van der Waals surface area contributed by atoms with Gasteiger partial charge >= 0.3 is 0 Å². The number of halogens is 2. The zero-order chi connectivity index (χ0) is 15.5. The number of sulfonamides is 1. The van der Waals surface area contributed by atoms with E-state index in [-0.39, 0.29) is 16.1 Å². The lowest BCUT2D eigenvalue weighted by Crippen LogP contribution is -2.34. The number of hydrogen-bond acceptors (Lipinski definition) is 3. The molecular formula is C14H14BrClN2O2S. The molecule has 0 aliphatic rings. The molecule has 2 aromatic rings. The van der Waals surface area contributed by atoms with Crippen LogP contribution in [0.25, 0.3) is 0 Å². The average Bonchev–Trinajstić information content (AvgIpc) is 2.41. The molecule has 0 aliphatic heterocycles. The highest BCUT2D eigenvalue weighted by Gasteiger charge is 2.21. The second-order valence-electron chi connectivity index (χ2n) is 4.65. The highest BCUT2D eigenvalue weighted by molar-refractivity contribution is 9.10. The summed E-state index contributed by atoms with van der Waals surface area (Å²) in [6.45, 7) is 1.81. The molecule has 0 radical (unpaired) electrons. The summed E-state index contributed by atoms with van der Waals surface area (Å²) in [6, 6.07) is 10.9. The molecule has 7 heteroatoms. The van der Waals surface area contributed by atoms with Gasteiger partial charge in [0.1, 0.15) is 10.0 Å². The van der Waals surface area contributed by atoms with E-state index in [0.717, 1.165) is 5.56 Å². The standard InChI is InChI=1S/C14H14BrClN2O2S/c1-10(7-11-5-3-2-4-6-11)18-21(19,20)13-8-12(15)9-17-14(13)16/h2-6,8-10,18H,7H2,1H3. The van der Waals surface area contributed by atoms with Gasteiger partial charge in [0.25, 0.3) is 0 Å². The van der Waals surface area contributed by atoms with Crippen molar-refractivity contribution in [1.29, 1.82) is 0 Å². The van der Waals surface area contributed by atoms with E-state index in [1.165, 1.54) is 12.3 Å². The summed E-state index contributed by atoms with van der Waals surface area (Å²) in [5.74, 6) is 0. The summed E-state index contributed by atoms with van der Waals surface area (Å²) < 4.78 is 27.9. The fraction of sp³-hybridized carbons (Fsp3) is 0.214. The van der Waals surface area contributed by atoms with Crippen molar-refractivity contribution in [2.24, 2.45) is 0 Å². The van der Waals surface area contributed by atoms with Crippen molar-refractivity contribution in [2.75, 3.05) is 0 Å². The van der Waals surface area contributed by atoms with E-state index in [9.17, 15) is 8.42 Å². The van der Waals surface area contributed by atoms with Crippen LogP contribution in [-0.4, -0.2) is 19.4 Å². The molecule has 4 nitrogen and oxygen atoms in total. The zero-order valence-electron chi connectivity index (χ0n) is 11.3. The second-order valence-corrected chi connectivity index (χ2v) is 7.61. The van der Waals surface area contributed by atoms with Crippen LogP contribution in [0.3, 0.4) is 0 Å². The summed E-state index contributed by atoms with van der Waals surface area (Å²) in [4.78, 5) is 3.81. The molecule has 1 N–H and O–H groups in total. The molecule has 0 saturated carbocycles. The van der Waals surface area contributed by atoms with Crippen molar-refractivity contribution in [3.05, 3.63) is 57.8 Å². The molecule has 1 atom stereocenters. The van der Waals surface area contributed by atoms with E-state index >= 15 is 0 Å². The molecule has 1 heterocycles. The fourth-order valence-electron chi connectivity index (χ4n) is 1.93. The number of pyridine rings is 1. The van der Waals surface area contributed by atoms with E-state index in [4.69, 9.17) is 11.6 Å². The monoisotopic (exact) mass is 388 g/mol. The first-order valence-electron chi connectivity index (χ1n) is 6.26. The molecule has 112 valence electrons. The second kappa shape index (κ2) is 6.87. The Morgan fingerprint density at radius 3 is 2.67 bits per heavy atom. The van der Waals surface area contributed by atoms with Crippen molar-refractivity contribution >= 4 is 37.6 Å². The van der Waals surface area contributed by atoms with Crippen molar-refractivity contribution in [3.63, 3.8) is 0 Å². The van der Waals surface area contributed by atoms with Crippen LogP contribution in [0.15, 0.2) is 52.0 Å². The fourth-order valence-corrected chi connectivity index (χ4v) is 4.12. The van der Waals surface area contributed by atoms with Crippen LogP contribution in [0.4, 0.5) is 0 Å². The van der Waals surface area contributed by atoms with Gasteiger partial charge in [-0.25, -0.2) is 18.1 Å². The van der Waals surface area contributed by atoms with Gasteiger partial charge in [-0.05, 0) is 40.9 Å². The minimum atomic E-state index is -3.71. The summed E-state index contributed by atoms with van der Waals surface area (Å²) in [7, 11) is -3.71. The third-order valence-corrected chi connectivity index (χ3v) is 5.25. The molecular weight excluding hydrogens is 376 g/mol. The molecule has 21 heavy (non-hydrogen) atoms. The smallest absolute Gasteiger partial charge is 0.242 e. The van der Waals surface area contributed by atoms with Crippen molar-refractivity contribution in [2.45, 2.75) is 24.3 Å². The average molecular weight is 390 g/mol. The molecule has 2 rings (SSSR count). The SMILES string of the molecule is CC(Cc1ccccc1)NS(=O)(=O)c1cc(Br)cnc1Cl. The van der Waals surface area contributed by atoms with Gasteiger partial charge in [-0.2, -0.15) is 0 Å². The maximum atomic E-state index is 12.3. The molecule has 0 fully saturated rings. The molecule has 0 amide bonds. The Labute approximate surface area is 137 Å². The molecule has 0 bridgehead atoms. The normalized spacial score (nSPS) is 13.1. The van der Waals surface area contributed by atoms with Gasteiger partial charge in [0, 0.05) is 16.7 Å². The number of aromatic nitrogens is 1. The summed E-state index contributed by atoms with van der Waals surface area (Å²) in [5.41, 5.74) is 1.06. The minimum absolute atomic E-state index is 0.0292. The van der Waals surface area contributed by atoms with Crippen LogP contribution in [0, 0.1) is 0 Å². The number of nitrogens with one attached hydrogen (secondary N) is 1. The summed E-state index contributed by atoms with van der Waals surface area (Å²) in [5, 5.41) is -0.0439. The Kier molecular flexibility index (Phi) is 5.37. The Hall–Kier alpha value is -0.950. The third-order valence-electron chi connectivity index (χ3n) is 2.80. The number of hydrogen-bond donors (Lipinski definition) is 1. The van der Waals surface area contributed by atoms with Gasteiger partial charge in [-0.1, -0.05) is 41.9 Å². The third kappa shape index (κ3) is 4.51. The number of nitrogens with zero attached hydrogens (tertiary/aromatic N) is 1. The quantitative estimate of drug-likeness (QED) is 0.797. The van der Waals surface area contributed by atoms with Crippen molar-refractivity contribution in [1.82, 2.24) is 9.71 Å². The van der Waals surface area contributed by atoms with Crippen LogP contribution in [-0.2, 0) is 16.4 Å². The maximum absolute atomic E-state index is 12.3. The molecule has 0 aliphatic carbocycles. The van der Waals surface area contributed by atoms with Crippen molar-refractivity contribution < 1.29 is 8.42 Å². The number of rotatable bonds is 5. The Balaban J connectivity index is 2.15. The molecule has 1 unspecified atom stereocenters. The van der Waals surface area contributed by atoms with E-state index in [1.54, 1.807) is 0 Å². The Morgan fingerprint density at radius 1 is 1.33 bits per heavy atom. The van der Waals surface area contributed by atoms with Crippen LogP contribution in [0.5, 0.6) is 0 Å². The lowest BCUT2D eigenvalue weighted by atomic mass is 10.1. The van der Waals surface area contributed by atoms with Gasteiger partial charge in [-0.3, -0.25) is 0 Å². The van der Waals surface area contributed by atoms with Gasteiger partial charge in [-0.15, -0.1) is 0 Å². The molecule has 0 saturated heterocycles. The number of benzene rings is 1. The van der Waals surface area contributed by atoms with Crippen LogP contribution in [0.1, 0.15) is 12.5 Å². The topological polar surface area (TPSA) is 59.1 Å². The first kappa shape index (κ1) is 16.4. The predicted octanol–water partition coefficient (Wildman–Crippen LogP) is 3.41. The van der Waals surface area contributed by atoms with Crippen LogP contribution >= 0.6 is 27.5 Å². The lowest BCUT2D eigenvalue weighted by molar-refractivity contribution is 0.559. The molecule has 1 aromatic heterocycles. The van der Waals surface area contributed by atoms with E-state index in [0.29, 0.717) is 10.9 Å². The minimum Gasteiger partial charge on any atom is -0.242 e. The first-order valence-corrected chi connectivity index (χ1v) is 8.91. The van der Waals surface area contributed by atoms with Crippen molar-refractivity contribution in [3.8, 4) is 0 Å². The van der Waals surface area contributed by atoms with Gasteiger partial charge in [0.15, 0.2) is 0 Å². The molecule has 0 spiro atoms. The van der Waals surface area contributed by atoms with Gasteiger partial charge in [0.2, 0.25) is 10.0 Å². The summed E-state index contributed by atoms with van der Waals surface area (Å²) >= 11 is 9.07. The van der Waals surface area contributed by atoms with Crippen LogP contribution < -0.4 is 4.72 Å². The van der Waals surface area contributed by atoms with E-state index < -0.39 is 10.0 Å². The Bertz CT molecular complexity index is 723. The Morgan fingerprint density at radius 2 is 2.00 bits per heavy atom. The van der Waals surface area contributed by atoms with E-state index in [1.807, 2.05) is 37.3 Å². The highest BCUT2D eigenvalue weighted by Crippen LogP contribution is 2.23. The summed E-state index contributed by atoms with van der Waals surface area (Å²) in [6.07, 6.45) is 2.05. The largest absolute Gasteiger partial charge is 0.243 e. The predicted molar refractivity (Wildman–Crippen MR) is 86.9 cm³/mol. The first-order chi connectivity index (χ1) is 9.88. The maximum Gasteiger partial charge on any atom is 0.243 e. The highest BCUT2D eigenvalue weighted by atomic mass is 79.9.